The lowest BCUT2D eigenvalue weighted by Gasteiger charge is -2.49. The molecule has 0 saturated carbocycles. The highest BCUT2D eigenvalue weighted by Gasteiger charge is 2.54. The number of carboxylic acid groups (broad SMARTS) is 1. The van der Waals surface area contributed by atoms with E-state index in [1.165, 1.54) is 23.8 Å². The fraction of sp³-hybridized carbons (Fsp3) is 0.250. The molecule has 2 aliphatic rings. The molecule has 0 aromatic carbocycles. The Morgan fingerprint density at radius 1 is 1.43 bits per heavy atom. The van der Waals surface area contributed by atoms with Gasteiger partial charge in [-0.2, -0.15) is 13.9 Å². The second kappa shape index (κ2) is 8.99. The van der Waals surface area contributed by atoms with E-state index in [4.69, 9.17) is 10.6 Å². The molecule has 2 atom stereocenters. The van der Waals surface area contributed by atoms with Crippen molar-refractivity contribution >= 4 is 57.4 Å². The van der Waals surface area contributed by atoms with E-state index in [-0.39, 0.29) is 22.4 Å². The van der Waals surface area contributed by atoms with Crippen LogP contribution in [0.3, 0.4) is 0 Å². The maximum atomic E-state index is 13.0. The van der Waals surface area contributed by atoms with E-state index in [1.807, 2.05) is 45.9 Å². The summed E-state index contributed by atoms with van der Waals surface area (Å²) in [5, 5.41) is 15.7. The van der Waals surface area contributed by atoms with Crippen molar-refractivity contribution in [3.8, 4) is 0 Å². The van der Waals surface area contributed by atoms with Gasteiger partial charge in [0.1, 0.15) is 29.7 Å². The van der Waals surface area contributed by atoms with Crippen molar-refractivity contribution in [2.75, 3.05) is 18.6 Å². The standard InChI is InChI=1S/C20H18N8O5S2/c1-33-24-12(15-23-20(21)35-25-15)16(29)22-13-17(30)28-14(19(31)32)10(9-34-18(13)28)7-26-5-6-27-4-2-3-11(27)8-26/h2-6,8,13,18H,7,9H2,1H3,(H3-,21,22,23,25,29,31,32)/p+1/t13-,18+/m1/s1. The zero-order valence-corrected chi connectivity index (χ0v) is 19.8. The van der Waals surface area contributed by atoms with Gasteiger partial charge in [-0.1, -0.05) is 5.16 Å². The number of hydrogen-bond acceptors (Lipinski definition) is 10. The molecule has 2 amide bonds. The Kier molecular flexibility index (Phi) is 5.86. The van der Waals surface area contributed by atoms with Crippen LogP contribution < -0.4 is 15.6 Å². The van der Waals surface area contributed by atoms with Crippen LogP contribution in [0.1, 0.15) is 5.82 Å². The fourth-order valence-corrected chi connectivity index (χ4v) is 5.73. The molecular formula is C20H19N8O5S2+. The molecule has 0 radical (unpaired) electrons. The van der Waals surface area contributed by atoms with Crippen LogP contribution in [0.15, 0.2) is 53.3 Å². The van der Waals surface area contributed by atoms with E-state index in [2.05, 4.69) is 19.8 Å². The number of carbonyl (C=O) groups excluding carboxylic acids is 2. The number of aliphatic carboxylic acids is 1. The first-order valence-electron chi connectivity index (χ1n) is 10.2. The van der Waals surface area contributed by atoms with Gasteiger partial charge in [0.05, 0.1) is 6.20 Å². The molecule has 3 aromatic heterocycles. The van der Waals surface area contributed by atoms with Crippen LogP contribution in [0.5, 0.6) is 0 Å². The van der Waals surface area contributed by atoms with Crippen molar-refractivity contribution < 1.29 is 28.9 Å². The normalized spacial score (nSPS) is 20.0. The van der Waals surface area contributed by atoms with Crippen LogP contribution in [-0.2, 0) is 25.8 Å². The van der Waals surface area contributed by atoms with E-state index in [1.54, 1.807) is 0 Å². The van der Waals surface area contributed by atoms with E-state index in [0.717, 1.165) is 17.0 Å². The van der Waals surface area contributed by atoms with E-state index in [9.17, 15) is 19.5 Å². The minimum Gasteiger partial charge on any atom is -0.477 e. The predicted octanol–water partition coefficient (Wildman–Crippen LogP) is -0.550. The summed E-state index contributed by atoms with van der Waals surface area (Å²) in [6.45, 7) is 0.311. The third kappa shape index (κ3) is 4.08. The minimum absolute atomic E-state index is 0.0304. The highest BCUT2D eigenvalue weighted by atomic mass is 32.2. The van der Waals surface area contributed by atoms with Crippen LogP contribution in [0.4, 0.5) is 5.13 Å². The van der Waals surface area contributed by atoms with Crippen molar-refractivity contribution in [3.05, 3.63) is 54.0 Å². The van der Waals surface area contributed by atoms with Crippen LogP contribution in [0.25, 0.3) is 5.52 Å². The average Bonchev–Trinajstić information content (AvgIpc) is 3.48. The highest BCUT2D eigenvalue weighted by Crippen LogP contribution is 2.40. The summed E-state index contributed by atoms with van der Waals surface area (Å²) in [5.74, 6) is -2.11. The number of amides is 2. The highest BCUT2D eigenvalue weighted by molar-refractivity contribution is 8.00. The molecule has 180 valence electrons. The van der Waals surface area contributed by atoms with E-state index in [0.29, 0.717) is 17.9 Å². The van der Waals surface area contributed by atoms with Crippen molar-refractivity contribution in [1.29, 1.82) is 0 Å². The molecule has 2 aliphatic heterocycles. The van der Waals surface area contributed by atoms with Gasteiger partial charge in [-0.05, 0) is 12.1 Å². The molecule has 3 aromatic rings. The van der Waals surface area contributed by atoms with Gasteiger partial charge >= 0.3 is 5.97 Å². The molecule has 0 unspecified atom stereocenters. The van der Waals surface area contributed by atoms with Crippen molar-refractivity contribution in [1.82, 2.24) is 24.0 Å². The number of rotatable bonds is 7. The lowest BCUT2D eigenvalue weighted by Crippen LogP contribution is -2.71. The van der Waals surface area contributed by atoms with Crippen molar-refractivity contribution in [3.63, 3.8) is 0 Å². The summed E-state index contributed by atoms with van der Waals surface area (Å²) in [4.78, 5) is 47.8. The van der Waals surface area contributed by atoms with Crippen LogP contribution in [0, 0.1) is 0 Å². The number of nitrogens with one attached hydrogen (secondary N) is 1. The molecule has 0 spiro atoms. The van der Waals surface area contributed by atoms with Gasteiger partial charge in [0.2, 0.25) is 11.5 Å². The number of fused-ring (bicyclic) bond motifs is 2. The molecule has 35 heavy (non-hydrogen) atoms. The Labute approximate surface area is 206 Å². The molecule has 0 aliphatic carbocycles. The summed E-state index contributed by atoms with van der Waals surface area (Å²) < 4.78 is 7.77. The number of carbonyl (C=O) groups is 3. The van der Waals surface area contributed by atoms with Gasteiger partial charge in [-0.25, -0.2) is 4.79 Å². The maximum absolute atomic E-state index is 13.0. The molecule has 1 fully saturated rings. The fourth-order valence-electron chi connectivity index (χ4n) is 3.96. The third-order valence-corrected chi connectivity index (χ3v) is 7.37. The van der Waals surface area contributed by atoms with Gasteiger partial charge in [-0.3, -0.25) is 14.5 Å². The maximum Gasteiger partial charge on any atom is 0.352 e. The molecule has 0 bridgehead atoms. The summed E-state index contributed by atoms with van der Waals surface area (Å²) in [7, 11) is 1.26. The van der Waals surface area contributed by atoms with Crippen LogP contribution in [0.2, 0.25) is 0 Å². The van der Waals surface area contributed by atoms with Gasteiger partial charge in [0.25, 0.3) is 11.8 Å². The number of hydrogen-bond donors (Lipinski definition) is 3. The van der Waals surface area contributed by atoms with Crippen molar-refractivity contribution in [2.45, 2.75) is 18.0 Å². The number of β-lactam (4-membered cyclic amide) rings is 1. The van der Waals surface area contributed by atoms with Crippen LogP contribution >= 0.6 is 23.3 Å². The lowest BCUT2D eigenvalue weighted by molar-refractivity contribution is -0.688. The first-order valence-corrected chi connectivity index (χ1v) is 12.1. The summed E-state index contributed by atoms with van der Waals surface area (Å²) >= 11 is 2.26. The van der Waals surface area contributed by atoms with E-state index >= 15 is 0 Å². The van der Waals surface area contributed by atoms with Crippen LogP contribution in [-0.4, -0.2) is 71.5 Å². The molecule has 4 N–H and O–H groups in total. The Balaban J connectivity index is 1.36. The molecule has 13 nitrogen and oxygen atoms in total. The Morgan fingerprint density at radius 2 is 2.26 bits per heavy atom. The SMILES string of the molecule is CON=C(C(=O)N[C@@H]1C(=O)N2C(C(=O)O)=C(C[n+]3ccn4cccc4c3)CS[C@@H]12)c1nsc(N)n1. The summed E-state index contributed by atoms with van der Waals surface area (Å²) in [5.41, 5.74) is 6.84. The molecule has 5 rings (SSSR count). The first-order chi connectivity index (χ1) is 16.9. The van der Waals surface area contributed by atoms with E-state index < -0.39 is 29.2 Å². The Bertz CT molecular complexity index is 1410. The summed E-state index contributed by atoms with van der Waals surface area (Å²) in [6, 6.07) is 2.92. The summed E-state index contributed by atoms with van der Waals surface area (Å²) in [6.07, 6.45) is 7.53. The Hall–Kier alpha value is -3.98. The number of nitrogen functional groups attached to an aromatic ring is 1. The molecule has 15 heteroatoms. The molecular weight excluding hydrogens is 496 g/mol. The number of nitrogens with two attached hydrogens (primary N) is 1. The average molecular weight is 516 g/mol. The van der Waals surface area contributed by atoms with Gasteiger partial charge < -0.3 is 25.4 Å². The molecule has 1 saturated heterocycles. The number of anilines is 1. The van der Waals surface area contributed by atoms with Gasteiger partial charge in [0.15, 0.2) is 24.1 Å². The number of oxime groups is 1. The smallest absolute Gasteiger partial charge is 0.352 e. The number of aromatic nitrogens is 4. The van der Waals surface area contributed by atoms with Crippen molar-refractivity contribution in [2.24, 2.45) is 5.16 Å². The van der Waals surface area contributed by atoms with Gasteiger partial charge in [-0.15, -0.1) is 11.8 Å². The zero-order chi connectivity index (χ0) is 24.7. The second-order valence-corrected chi connectivity index (χ2v) is 9.53. The minimum atomic E-state index is -1.20. The number of thioether (sulfide) groups is 1. The lowest BCUT2D eigenvalue weighted by atomic mass is 10.0. The second-order valence-electron chi connectivity index (χ2n) is 7.64. The predicted molar refractivity (Wildman–Crippen MR) is 125 cm³/mol. The topological polar surface area (TPSA) is 168 Å². The number of nitrogens with zero attached hydrogens (tertiary/aromatic N) is 6. The first kappa shape index (κ1) is 22.8. The zero-order valence-electron chi connectivity index (χ0n) is 18.2. The Morgan fingerprint density at radius 3 is 2.97 bits per heavy atom. The monoisotopic (exact) mass is 515 g/mol. The quantitative estimate of drug-likeness (QED) is 0.162. The van der Waals surface area contributed by atoms with Gasteiger partial charge in [0, 0.05) is 29.1 Å². The third-order valence-electron chi connectivity index (χ3n) is 5.49. The largest absolute Gasteiger partial charge is 0.477 e. The molecule has 5 heterocycles. The number of carboxylic acids is 1.